The van der Waals surface area contributed by atoms with Crippen molar-refractivity contribution < 1.29 is 14.5 Å². The summed E-state index contributed by atoms with van der Waals surface area (Å²) in [6, 6.07) is 5.63. The molecule has 0 spiro atoms. The average molecular weight is 438 g/mol. The van der Waals surface area contributed by atoms with Gasteiger partial charge in [-0.15, -0.1) is 0 Å². The summed E-state index contributed by atoms with van der Waals surface area (Å²) in [5.41, 5.74) is 0.767. The Hall–Kier alpha value is -3.56. The van der Waals surface area contributed by atoms with E-state index in [9.17, 15) is 19.7 Å². The van der Waals surface area contributed by atoms with Crippen molar-refractivity contribution >= 4 is 23.5 Å². The van der Waals surface area contributed by atoms with Crippen molar-refractivity contribution in [2.24, 2.45) is 0 Å². The van der Waals surface area contributed by atoms with Gasteiger partial charge in [0.2, 0.25) is 11.9 Å². The lowest BCUT2D eigenvalue weighted by Crippen LogP contribution is -2.51. The molecule has 2 aliphatic heterocycles. The van der Waals surface area contributed by atoms with Crippen molar-refractivity contribution in [2.45, 2.75) is 44.7 Å². The molecule has 32 heavy (non-hydrogen) atoms. The number of hydrogen-bond acceptors (Lipinski definition) is 7. The number of rotatable bonds is 5. The van der Waals surface area contributed by atoms with E-state index in [-0.39, 0.29) is 23.5 Å². The van der Waals surface area contributed by atoms with Gasteiger partial charge in [0.05, 0.1) is 4.92 Å². The summed E-state index contributed by atoms with van der Waals surface area (Å²) in [5.74, 6) is 0.295. The quantitative estimate of drug-likeness (QED) is 0.560. The number of carbonyl (C=O) groups excluding carboxylic acids is 2. The van der Waals surface area contributed by atoms with Crippen molar-refractivity contribution in [3.05, 3.63) is 57.9 Å². The largest absolute Gasteiger partial charge is 0.351 e. The second-order valence-electron chi connectivity index (χ2n) is 8.23. The number of nitrogens with zero attached hydrogens (tertiary/aromatic N) is 5. The third-order valence-corrected chi connectivity index (χ3v) is 6.13. The fourth-order valence-electron chi connectivity index (χ4n) is 4.42. The molecule has 2 saturated heterocycles. The van der Waals surface area contributed by atoms with E-state index in [2.05, 4.69) is 20.2 Å². The summed E-state index contributed by atoms with van der Waals surface area (Å²) in [7, 11) is 0. The molecule has 4 rings (SSSR count). The maximum absolute atomic E-state index is 13.0. The molecule has 168 valence electrons. The molecule has 2 fully saturated rings. The number of likely N-dealkylation sites (tertiary alicyclic amines) is 1. The minimum atomic E-state index is -0.520. The fourth-order valence-corrected chi connectivity index (χ4v) is 4.42. The third-order valence-electron chi connectivity index (χ3n) is 6.13. The Labute approximate surface area is 185 Å². The number of aryl methyl sites for hydroxylation is 1. The minimum Gasteiger partial charge on any atom is -0.351 e. The van der Waals surface area contributed by atoms with Crippen molar-refractivity contribution in [1.29, 1.82) is 0 Å². The van der Waals surface area contributed by atoms with E-state index in [1.165, 1.54) is 18.2 Å². The maximum Gasteiger partial charge on any atom is 0.272 e. The standard InChI is InChI=1S/C22H26N6O4/c1-15-14-16(5-6-18(15)28(31)32)21(30)27-11-2-4-19(27)20(29)25-17-7-12-26(13-8-17)22-23-9-3-10-24-22/h3,5-6,9-10,14,17,19H,2,4,7-8,11-13H2,1H3,(H,25,29). The second-order valence-corrected chi connectivity index (χ2v) is 8.23. The lowest BCUT2D eigenvalue weighted by atomic mass is 10.0. The molecular formula is C22H26N6O4. The van der Waals surface area contributed by atoms with Gasteiger partial charge in [-0.3, -0.25) is 19.7 Å². The van der Waals surface area contributed by atoms with Crippen LogP contribution in [0.15, 0.2) is 36.7 Å². The van der Waals surface area contributed by atoms with Gasteiger partial charge >= 0.3 is 0 Å². The van der Waals surface area contributed by atoms with Gasteiger partial charge in [-0.2, -0.15) is 0 Å². The van der Waals surface area contributed by atoms with Gasteiger partial charge in [-0.05, 0) is 50.8 Å². The molecule has 2 amide bonds. The Morgan fingerprint density at radius 2 is 1.84 bits per heavy atom. The van der Waals surface area contributed by atoms with Crippen LogP contribution < -0.4 is 10.2 Å². The number of aromatic nitrogens is 2. The molecular weight excluding hydrogens is 412 g/mol. The van der Waals surface area contributed by atoms with E-state index in [1.807, 2.05) is 0 Å². The number of carbonyl (C=O) groups is 2. The Bertz CT molecular complexity index is 1010. The highest BCUT2D eigenvalue weighted by molar-refractivity contribution is 5.98. The van der Waals surface area contributed by atoms with Crippen LogP contribution in [0.1, 0.15) is 41.6 Å². The van der Waals surface area contributed by atoms with Crippen LogP contribution in [0, 0.1) is 17.0 Å². The van der Waals surface area contributed by atoms with E-state index in [1.54, 1.807) is 30.3 Å². The molecule has 1 aromatic heterocycles. The zero-order chi connectivity index (χ0) is 22.7. The van der Waals surface area contributed by atoms with Crippen molar-refractivity contribution in [1.82, 2.24) is 20.2 Å². The van der Waals surface area contributed by atoms with Crippen LogP contribution in [0.4, 0.5) is 11.6 Å². The Kier molecular flexibility index (Phi) is 6.29. The summed E-state index contributed by atoms with van der Waals surface area (Å²) < 4.78 is 0. The predicted molar refractivity (Wildman–Crippen MR) is 117 cm³/mol. The maximum atomic E-state index is 13.0. The Balaban J connectivity index is 1.36. The van der Waals surface area contributed by atoms with Crippen molar-refractivity contribution in [3.8, 4) is 0 Å². The molecule has 0 bridgehead atoms. The highest BCUT2D eigenvalue weighted by atomic mass is 16.6. The first-order chi connectivity index (χ1) is 15.4. The lowest BCUT2D eigenvalue weighted by Gasteiger charge is -2.33. The highest BCUT2D eigenvalue weighted by Crippen LogP contribution is 2.24. The molecule has 0 aliphatic carbocycles. The molecule has 1 aromatic carbocycles. The molecule has 10 nitrogen and oxygen atoms in total. The minimum absolute atomic E-state index is 0.0236. The Morgan fingerprint density at radius 3 is 2.50 bits per heavy atom. The molecule has 1 N–H and O–H groups in total. The van der Waals surface area contributed by atoms with E-state index in [0.29, 0.717) is 30.0 Å². The zero-order valence-corrected chi connectivity index (χ0v) is 17.9. The first kappa shape index (κ1) is 21.7. The zero-order valence-electron chi connectivity index (χ0n) is 17.9. The number of piperidine rings is 1. The first-order valence-corrected chi connectivity index (χ1v) is 10.8. The van der Waals surface area contributed by atoms with Crippen LogP contribution >= 0.6 is 0 Å². The van der Waals surface area contributed by atoms with Crippen molar-refractivity contribution in [2.75, 3.05) is 24.5 Å². The van der Waals surface area contributed by atoms with Gasteiger partial charge in [0, 0.05) is 55.3 Å². The number of benzene rings is 1. The SMILES string of the molecule is Cc1cc(C(=O)N2CCCC2C(=O)NC2CCN(c3ncccn3)CC2)ccc1[N+](=O)[O-]. The van der Waals surface area contributed by atoms with Crippen molar-refractivity contribution in [3.63, 3.8) is 0 Å². The summed E-state index contributed by atoms with van der Waals surface area (Å²) in [4.78, 5) is 48.8. The summed E-state index contributed by atoms with van der Waals surface area (Å²) in [5, 5.41) is 14.2. The molecule has 1 unspecified atom stereocenters. The lowest BCUT2D eigenvalue weighted by molar-refractivity contribution is -0.385. The highest BCUT2D eigenvalue weighted by Gasteiger charge is 2.36. The number of anilines is 1. The van der Waals surface area contributed by atoms with E-state index in [4.69, 9.17) is 0 Å². The normalized spacial score (nSPS) is 19.1. The number of amides is 2. The molecule has 2 aliphatic rings. The van der Waals surface area contributed by atoms with E-state index < -0.39 is 11.0 Å². The monoisotopic (exact) mass is 438 g/mol. The summed E-state index contributed by atoms with van der Waals surface area (Å²) >= 11 is 0. The van der Waals surface area contributed by atoms with Crippen LogP contribution in [0.5, 0.6) is 0 Å². The van der Waals surface area contributed by atoms with E-state index in [0.717, 1.165) is 32.4 Å². The van der Waals surface area contributed by atoms with Gasteiger partial charge in [0.1, 0.15) is 6.04 Å². The first-order valence-electron chi connectivity index (χ1n) is 10.8. The van der Waals surface area contributed by atoms with Gasteiger partial charge in [-0.25, -0.2) is 9.97 Å². The Morgan fingerprint density at radius 1 is 1.12 bits per heavy atom. The van der Waals surface area contributed by atoms with Gasteiger partial charge in [-0.1, -0.05) is 0 Å². The molecule has 3 heterocycles. The van der Waals surface area contributed by atoms with Gasteiger partial charge in [0.15, 0.2) is 0 Å². The summed E-state index contributed by atoms with van der Waals surface area (Å²) in [6.07, 6.45) is 6.36. The smallest absolute Gasteiger partial charge is 0.272 e. The van der Waals surface area contributed by atoms with Crippen LogP contribution in [-0.4, -0.2) is 63.3 Å². The van der Waals surface area contributed by atoms with Gasteiger partial charge < -0.3 is 15.1 Å². The van der Waals surface area contributed by atoms with Crippen LogP contribution in [0.25, 0.3) is 0 Å². The number of nitro groups is 1. The number of hydrogen-bond donors (Lipinski definition) is 1. The second kappa shape index (κ2) is 9.29. The van der Waals surface area contributed by atoms with Crippen LogP contribution in [-0.2, 0) is 4.79 Å². The van der Waals surface area contributed by atoms with E-state index >= 15 is 0 Å². The van der Waals surface area contributed by atoms with Gasteiger partial charge in [0.25, 0.3) is 11.6 Å². The molecule has 1 atom stereocenters. The summed E-state index contributed by atoms with van der Waals surface area (Å²) in [6.45, 7) is 3.61. The molecule has 0 saturated carbocycles. The number of nitrogens with one attached hydrogen (secondary N) is 1. The van der Waals surface area contributed by atoms with Crippen LogP contribution in [0.2, 0.25) is 0 Å². The number of nitro benzene ring substituents is 1. The van der Waals surface area contributed by atoms with Crippen LogP contribution in [0.3, 0.4) is 0 Å². The molecule has 10 heteroatoms. The third kappa shape index (κ3) is 4.53. The fraction of sp³-hybridized carbons (Fsp3) is 0.455. The topological polar surface area (TPSA) is 122 Å². The predicted octanol–water partition coefficient (Wildman–Crippen LogP) is 2.08. The molecule has 2 aromatic rings. The molecule has 0 radical (unpaired) electrons. The average Bonchev–Trinajstić information content (AvgIpc) is 3.29.